The molecule has 2 amide bonds. The molecular formula is C27H26N8O2. The van der Waals surface area contributed by atoms with Gasteiger partial charge in [0.05, 0.1) is 12.6 Å². The minimum Gasteiger partial charge on any atom is -0.385 e. The number of nitrogens with one attached hydrogen (secondary N) is 4. The second kappa shape index (κ2) is 9.73. The maximum atomic E-state index is 12.0. The highest BCUT2D eigenvalue weighted by molar-refractivity contribution is 6.15. The number of fused-ring (bicyclic) bond motifs is 1. The molecule has 2 aliphatic rings. The standard InChI is InChI=1S/C27H26N8O2/c36-25-12-17(27(37)34-25)11-18-16-30-35-10-7-24(33-26(18)35)32-23-14-21(13-22(15-23)31-20-4-5-20)29-9-6-19-3-1-2-8-28-19/h1-3,7-8,10-11,13-16,20,29,31H,4-6,9,12H2,(H,32,33)(H,34,36,37)/b17-11-. The number of carbonyl (C=O) groups is 2. The third kappa shape index (κ3) is 5.43. The van der Waals surface area contributed by atoms with Gasteiger partial charge in [-0.1, -0.05) is 6.07 Å². The second-order valence-electron chi connectivity index (χ2n) is 9.25. The molecule has 37 heavy (non-hydrogen) atoms. The van der Waals surface area contributed by atoms with E-state index in [0.717, 1.165) is 35.7 Å². The molecule has 4 heterocycles. The normalized spacial score (nSPS) is 16.3. The summed E-state index contributed by atoms with van der Waals surface area (Å²) in [4.78, 5) is 32.6. The molecular weight excluding hydrogens is 468 g/mol. The van der Waals surface area contributed by atoms with E-state index in [4.69, 9.17) is 4.98 Å². The minimum absolute atomic E-state index is 0.0605. The maximum Gasteiger partial charge on any atom is 0.254 e. The number of anilines is 4. The number of carbonyl (C=O) groups excluding carboxylic acids is 2. The van der Waals surface area contributed by atoms with Gasteiger partial charge in [-0.25, -0.2) is 9.50 Å². The van der Waals surface area contributed by atoms with Crippen molar-refractivity contribution in [1.82, 2.24) is 24.9 Å². The van der Waals surface area contributed by atoms with Crippen LogP contribution >= 0.6 is 0 Å². The van der Waals surface area contributed by atoms with Gasteiger partial charge in [-0.2, -0.15) is 5.10 Å². The van der Waals surface area contributed by atoms with Crippen LogP contribution in [0.5, 0.6) is 0 Å². The van der Waals surface area contributed by atoms with Gasteiger partial charge in [0.25, 0.3) is 5.91 Å². The van der Waals surface area contributed by atoms with Crippen LogP contribution in [0.15, 0.2) is 66.6 Å². The molecule has 186 valence electrons. The van der Waals surface area contributed by atoms with Crippen LogP contribution in [0.25, 0.3) is 11.7 Å². The first-order valence-corrected chi connectivity index (χ1v) is 12.3. The van der Waals surface area contributed by atoms with Crippen molar-refractivity contribution in [2.45, 2.75) is 31.7 Å². The summed E-state index contributed by atoms with van der Waals surface area (Å²) in [6.07, 6.45) is 10.2. The molecule has 0 atom stereocenters. The van der Waals surface area contributed by atoms with E-state index in [9.17, 15) is 9.59 Å². The van der Waals surface area contributed by atoms with Gasteiger partial charge in [0.15, 0.2) is 5.65 Å². The Bertz CT molecular complexity index is 1510. The molecule has 6 rings (SSSR count). The van der Waals surface area contributed by atoms with E-state index in [1.807, 2.05) is 36.7 Å². The smallest absolute Gasteiger partial charge is 0.254 e. The van der Waals surface area contributed by atoms with Crippen molar-refractivity contribution in [3.05, 3.63) is 77.9 Å². The maximum absolute atomic E-state index is 12.0. The number of hydrogen-bond acceptors (Lipinski definition) is 8. The third-order valence-corrected chi connectivity index (χ3v) is 6.21. The summed E-state index contributed by atoms with van der Waals surface area (Å²) in [5.74, 6) is -0.0311. The Morgan fingerprint density at radius 3 is 2.73 bits per heavy atom. The number of pyridine rings is 1. The van der Waals surface area contributed by atoms with Crippen molar-refractivity contribution in [2.24, 2.45) is 0 Å². The first-order valence-electron chi connectivity index (χ1n) is 12.3. The summed E-state index contributed by atoms with van der Waals surface area (Å²) >= 11 is 0. The monoisotopic (exact) mass is 494 g/mol. The lowest BCUT2D eigenvalue weighted by Crippen LogP contribution is -2.19. The Morgan fingerprint density at radius 1 is 1.08 bits per heavy atom. The average Bonchev–Trinajstić information content (AvgIpc) is 3.53. The van der Waals surface area contributed by atoms with E-state index >= 15 is 0 Å². The van der Waals surface area contributed by atoms with Crippen LogP contribution in [0.4, 0.5) is 22.9 Å². The highest BCUT2D eigenvalue weighted by Crippen LogP contribution is 2.30. The second-order valence-corrected chi connectivity index (χ2v) is 9.25. The van der Waals surface area contributed by atoms with Gasteiger partial charge in [0.2, 0.25) is 5.91 Å². The first-order chi connectivity index (χ1) is 18.1. The lowest BCUT2D eigenvalue weighted by atomic mass is 10.1. The molecule has 1 saturated carbocycles. The van der Waals surface area contributed by atoms with Gasteiger partial charge in [-0.3, -0.25) is 19.9 Å². The quantitative estimate of drug-likeness (QED) is 0.206. The number of imide groups is 1. The number of hydrogen-bond donors (Lipinski definition) is 4. The molecule has 3 aromatic heterocycles. The van der Waals surface area contributed by atoms with E-state index in [0.29, 0.717) is 28.6 Å². The molecule has 10 heteroatoms. The van der Waals surface area contributed by atoms with Crippen LogP contribution in [0.2, 0.25) is 0 Å². The highest BCUT2D eigenvalue weighted by Gasteiger charge is 2.24. The lowest BCUT2D eigenvalue weighted by molar-refractivity contribution is -0.124. The van der Waals surface area contributed by atoms with Crippen molar-refractivity contribution in [3.8, 4) is 0 Å². The third-order valence-electron chi connectivity index (χ3n) is 6.21. The molecule has 1 aliphatic carbocycles. The van der Waals surface area contributed by atoms with E-state index in [1.54, 1.807) is 16.8 Å². The van der Waals surface area contributed by atoms with Gasteiger partial charge in [0, 0.05) is 65.3 Å². The predicted octanol–water partition coefficient (Wildman–Crippen LogP) is 3.53. The number of benzene rings is 1. The summed E-state index contributed by atoms with van der Waals surface area (Å²) in [6.45, 7) is 0.761. The molecule has 0 spiro atoms. The summed E-state index contributed by atoms with van der Waals surface area (Å²) in [5.41, 5.74) is 5.64. The van der Waals surface area contributed by atoms with E-state index in [-0.39, 0.29) is 18.2 Å². The fourth-order valence-corrected chi connectivity index (χ4v) is 4.24. The summed E-state index contributed by atoms with van der Waals surface area (Å²) in [7, 11) is 0. The van der Waals surface area contributed by atoms with Crippen LogP contribution in [-0.2, 0) is 16.0 Å². The van der Waals surface area contributed by atoms with E-state index < -0.39 is 0 Å². The SMILES string of the molecule is O=C1C/C(=C/c2cnn3ccc(Nc4cc(NCCc5ccccn5)cc(NC5CC5)c4)nc23)C(=O)N1. The molecule has 0 radical (unpaired) electrons. The predicted molar refractivity (Wildman–Crippen MR) is 142 cm³/mol. The van der Waals surface area contributed by atoms with Crippen molar-refractivity contribution in [1.29, 1.82) is 0 Å². The molecule has 4 N–H and O–H groups in total. The molecule has 1 saturated heterocycles. The Labute approximate surface area is 213 Å². The molecule has 10 nitrogen and oxygen atoms in total. The molecule has 2 fully saturated rings. The summed E-state index contributed by atoms with van der Waals surface area (Å²) in [5, 5.41) is 17.1. The largest absolute Gasteiger partial charge is 0.385 e. The zero-order valence-electron chi connectivity index (χ0n) is 20.1. The molecule has 0 bridgehead atoms. The van der Waals surface area contributed by atoms with Crippen LogP contribution in [0, 0.1) is 0 Å². The number of amides is 2. The highest BCUT2D eigenvalue weighted by atomic mass is 16.2. The Kier molecular flexibility index (Phi) is 5.97. The van der Waals surface area contributed by atoms with Crippen LogP contribution in [0.1, 0.15) is 30.5 Å². The zero-order chi connectivity index (χ0) is 25.2. The fourth-order valence-electron chi connectivity index (χ4n) is 4.24. The van der Waals surface area contributed by atoms with Gasteiger partial charge in [0.1, 0.15) is 5.82 Å². The van der Waals surface area contributed by atoms with E-state index in [1.165, 1.54) is 12.8 Å². The molecule has 1 aliphatic heterocycles. The Morgan fingerprint density at radius 2 is 1.95 bits per heavy atom. The van der Waals surface area contributed by atoms with Crippen molar-refractivity contribution in [2.75, 3.05) is 22.5 Å². The van der Waals surface area contributed by atoms with Crippen LogP contribution in [0.3, 0.4) is 0 Å². The van der Waals surface area contributed by atoms with Gasteiger partial charge >= 0.3 is 0 Å². The average molecular weight is 495 g/mol. The van der Waals surface area contributed by atoms with Gasteiger partial charge in [-0.15, -0.1) is 0 Å². The summed E-state index contributed by atoms with van der Waals surface area (Å²) < 4.78 is 1.64. The Balaban J connectivity index is 1.23. The summed E-state index contributed by atoms with van der Waals surface area (Å²) in [6, 6.07) is 14.6. The fraction of sp³-hybridized carbons (Fsp3) is 0.222. The van der Waals surface area contributed by atoms with Crippen molar-refractivity contribution >= 4 is 46.4 Å². The molecule has 4 aromatic rings. The van der Waals surface area contributed by atoms with Crippen molar-refractivity contribution < 1.29 is 9.59 Å². The van der Waals surface area contributed by atoms with Crippen LogP contribution in [-0.4, -0.2) is 44.0 Å². The zero-order valence-corrected chi connectivity index (χ0v) is 20.1. The topological polar surface area (TPSA) is 125 Å². The molecule has 1 aromatic carbocycles. The van der Waals surface area contributed by atoms with Gasteiger partial charge < -0.3 is 16.0 Å². The first kappa shape index (κ1) is 22.7. The number of rotatable bonds is 9. The number of nitrogens with zero attached hydrogens (tertiary/aromatic N) is 4. The van der Waals surface area contributed by atoms with E-state index in [2.05, 4.69) is 49.5 Å². The Hall–Kier alpha value is -4.73. The lowest BCUT2D eigenvalue weighted by Gasteiger charge is -2.14. The van der Waals surface area contributed by atoms with Crippen LogP contribution < -0.4 is 21.3 Å². The number of aromatic nitrogens is 4. The minimum atomic E-state index is -0.373. The molecule has 0 unspecified atom stereocenters. The van der Waals surface area contributed by atoms with Crippen molar-refractivity contribution in [3.63, 3.8) is 0 Å². The van der Waals surface area contributed by atoms with Gasteiger partial charge in [-0.05, 0) is 55.3 Å².